The number of benzene rings is 2. The standard InChI is InChI=1S/C21H17F3N2O5/c1-12-13(4-3-5-17(12)21(22,23)24)10-26-18(27)16(19(28)29)11-25(20(26)30)14-6-8-15(31-2)9-7-14/h3-9,11H,10H2,1-2H3,(H,28,29). The normalized spacial score (nSPS) is 11.4. The van der Waals surface area contributed by atoms with Gasteiger partial charge in [-0.25, -0.2) is 9.59 Å². The Morgan fingerprint density at radius 1 is 1.10 bits per heavy atom. The van der Waals surface area contributed by atoms with Crippen LogP contribution in [0.4, 0.5) is 13.2 Å². The minimum Gasteiger partial charge on any atom is -0.497 e. The van der Waals surface area contributed by atoms with E-state index < -0.39 is 41.1 Å². The number of hydrogen-bond acceptors (Lipinski definition) is 4. The first kappa shape index (κ1) is 21.9. The molecule has 1 N–H and O–H groups in total. The van der Waals surface area contributed by atoms with Gasteiger partial charge in [0.15, 0.2) is 0 Å². The fraction of sp³-hybridized carbons (Fsp3) is 0.190. The first-order valence-electron chi connectivity index (χ1n) is 8.94. The molecule has 0 saturated heterocycles. The topological polar surface area (TPSA) is 90.5 Å². The largest absolute Gasteiger partial charge is 0.497 e. The van der Waals surface area contributed by atoms with Gasteiger partial charge in [0, 0.05) is 6.20 Å². The molecule has 1 heterocycles. The highest BCUT2D eigenvalue weighted by atomic mass is 19.4. The number of alkyl halides is 3. The van der Waals surface area contributed by atoms with E-state index in [1.807, 2.05) is 0 Å². The molecule has 7 nitrogen and oxygen atoms in total. The third kappa shape index (κ3) is 4.23. The zero-order chi connectivity index (χ0) is 22.9. The van der Waals surface area contributed by atoms with Crippen LogP contribution in [0.5, 0.6) is 5.75 Å². The number of halogens is 3. The Hall–Kier alpha value is -3.82. The highest BCUT2D eigenvalue weighted by Gasteiger charge is 2.33. The number of carboxylic acid groups (broad SMARTS) is 1. The lowest BCUT2D eigenvalue weighted by molar-refractivity contribution is -0.138. The molecule has 0 aliphatic rings. The van der Waals surface area contributed by atoms with Crippen LogP contribution in [0, 0.1) is 6.92 Å². The second kappa shape index (κ2) is 8.13. The number of rotatable bonds is 5. The van der Waals surface area contributed by atoms with Gasteiger partial charge in [-0.05, 0) is 48.4 Å². The Kier molecular flexibility index (Phi) is 5.74. The van der Waals surface area contributed by atoms with Crippen molar-refractivity contribution in [1.82, 2.24) is 9.13 Å². The molecule has 0 amide bonds. The van der Waals surface area contributed by atoms with E-state index >= 15 is 0 Å². The fourth-order valence-corrected chi connectivity index (χ4v) is 3.15. The van der Waals surface area contributed by atoms with E-state index in [1.165, 1.54) is 50.4 Å². The summed E-state index contributed by atoms with van der Waals surface area (Å²) < 4.78 is 46.3. The number of nitrogens with zero attached hydrogens (tertiary/aromatic N) is 2. The molecular formula is C21H17F3N2O5. The van der Waals surface area contributed by atoms with Gasteiger partial charge < -0.3 is 9.84 Å². The third-order valence-electron chi connectivity index (χ3n) is 4.83. The summed E-state index contributed by atoms with van der Waals surface area (Å²) >= 11 is 0. The average molecular weight is 434 g/mol. The van der Waals surface area contributed by atoms with Crippen molar-refractivity contribution in [3.63, 3.8) is 0 Å². The van der Waals surface area contributed by atoms with Crippen LogP contribution < -0.4 is 16.0 Å². The van der Waals surface area contributed by atoms with Crippen molar-refractivity contribution in [3.05, 3.63) is 91.8 Å². The molecule has 3 rings (SSSR count). The maximum atomic E-state index is 13.2. The van der Waals surface area contributed by atoms with Crippen LogP contribution in [0.3, 0.4) is 0 Å². The predicted molar refractivity (Wildman–Crippen MR) is 105 cm³/mol. The summed E-state index contributed by atoms with van der Waals surface area (Å²) in [5, 5.41) is 9.41. The summed E-state index contributed by atoms with van der Waals surface area (Å²) in [4.78, 5) is 37.2. The first-order chi connectivity index (χ1) is 14.5. The van der Waals surface area contributed by atoms with Gasteiger partial charge in [0.05, 0.1) is 24.9 Å². The lowest BCUT2D eigenvalue weighted by atomic mass is 10.0. The molecule has 0 saturated carbocycles. The summed E-state index contributed by atoms with van der Waals surface area (Å²) in [7, 11) is 1.45. The quantitative estimate of drug-likeness (QED) is 0.667. The van der Waals surface area contributed by atoms with E-state index in [0.717, 1.165) is 16.8 Å². The van der Waals surface area contributed by atoms with E-state index in [4.69, 9.17) is 4.74 Å². The van der Waals surface area contributed by atoms with E-state index in [9.17, 15) is 32.7 Å². The summed E-state index contributed by atoms with van der Waals surface area (Å²) in [6.45, 7) is 0.705. The van der Waals surface area contributed by atoms with Crippen molar-refractivity contribution in [2.24, 2.45) is 0 Å². The van der Waals surface area contributed by atoms with E-state index in [2.05, 4.69) is 0 Å². The molecule has 0 atom stereocenters. The minimum absolute atomic E-state index is 0.0674. The van der Waals surface area contributed by atoms with E-state index in [1.54, 1.807) is 0 Å². The average Bonchev–Trinajstić information content (AvgIpc) is 2.71. The number of carboxylic acids is 1. The number of methoxy groups -OCH3 is 1. The SMILES string of the molecule is COc1ccc(-n2cc(C(=O)O)c(=O)n(Cc3cccc(C(F)(F)F)c3C)c2=O)cc1. The van der Waals surface area contributed by atoms with Crippen LogP contribution >= 0.6 is 0 Å². The fourth-order valence-electron chi connectivity index (χ4n) is 3.15. The number of ether oxygens (including phenoxy) is 1. The maximum absolute atomic E-state index is 13.2. The van der Waals surface area contributed by atoms with Crippen molar-refractivity contribution in [3.8, 4) is 11.4 Å². The van der Waals surface area contributed by atoms with E-state index in [-0.39, 0.29) is 16.8 Å². The van der Waals surface area contributed by atoms with Crippen molar-refractivity contribution in [2.45, 2.75) is 19.6 Å². The maximum Gasteiger partial charge on any atom is 0.416 e. The Labute approximate surface area is 173 Å². The van der Waals surface area contributed by atoms with Crippen molar-refractivity contribution < 1.29 is 27.8 Å². The van der Waals surface area contributed by atoms with Crippen LogP contribution in [0.2, 0.25) is 0 Å². The zero-order valence-corrected chi connectivity index (χ0v) is 16.4. The number of aromatic nitrogens is 2. The molecule has 0 fully saturated rings. The molecular weight excluding hydrogens is 417 g/mol. The molecule has 1 aromatic heterocycles. The summed E-state index contributed by atoms with van der Waals surface area (Å²) in [5.74, 6) is -1.08. The van der Waals surface area contributed by atoms with Crippen LogP contribution in [0.1, 0.15) is 27.0 Å². The number of carbonyl (C=O) groups is 1. The summed E-state index contributed by atoms with van der Waals surface area (Å²) in [6.07, 6.45) is -3.72. The van der Waals surface area contributed by atoms with Crippen LogP contribution in [0.25, 0.3) is 5.69 Å². The number of hydrogen-bond donors (Lipinski definition) is 1. The molecule has 0 bridgehead atoms. The van der Waals surface area contributed by atoms with Crippen molar-refractivity contribution in [1.29, 1.82) is 0 Å². The van der Waals surface area contributed by atoms with Gasteiger partial charge in [0.1, 0.15) is 11.3 Å². The highest BCUT2D eigenvalue weighted by molar-refractivity contribution is 5.86. The van der Waals surface area contributed by atoms with Gasteiger partial charge >= 0.3 is 17.8 Å². The van der Waals surface area contributed by atoms with E-state index in [0.29, 0.717) is 10.3 Å². The van der Waals surface area contributed by atoms with Gasteiger partial charge in [0.25, 0.3) is 5.56 Å². The van der Waals surface area contributed by atoms with Gasteiger partial charge in [-0.2, -0.15) is 13.2 Å². The Bertz CT molecular complexity index is 1260. The van der Waals surface area contributed by atoms with Crippen LogP contribution in [-0.4, -0.2) is 27.3 Å². The molecule has 0 radical (unpaired) electrons. The lowest BCUT2D eigenvalue weighted by Crippen LogP contribution is -2.42. The highest BCUT2D eigenvalue weighted by Crippen LogP contribution is 2.33. The van der Waals surface area contributed by atoms with Crippen molar-refractivity contribution in [2.75, 3.05) is 7.11 Å². The minimum atomic E-state index is -4.61. The van der Waals surface area contributed by atoms with Gasteiger partial charge in [-0.15, -0.1) is 0 Å². The molecule has 0 aliphatic heterocycles. The van der Waals surface area contributed by atoms with Crippen LogP contribution in [0.15, 0.2) is 58.3 Å². The Morgan fingerprint density at radius 2 is 1.74 bits per heavy atom. The molecule has 0 spiro atoms. The molecule has 0 unspecified atom stereocenters. The van der Waals surface area contributed by atoms with Gasteiger partial charge in [-0.1, -0.05) is 12.1 Å². The smallest absolute Gasteiger partial charge is 0.416 e. The third-order valence-corrected chi connectivity index (χ3v) is 4.83. The summed E-state index contributed by atoms with van der Waals surface area (Å²) in [6, 6.07) is 9.45. The molecule has 31 heavy (non-hydrogen) atoms. The number of aromatic carboxylic acids is 1. The molecule has 3 aromatic rings. The van der Waals surface area contributed by atoms with Gasteiger partial charge in [-0.3, -0.25) is 13.9 Å². The second-order valence-electron chi connectivity index (χ2n) is 6.68. The summed E-state index contributed by atoms with van der Waals surface area (Å²) in [5.41, 5.74) is -3.43. The molecule has 10 heteroatoms. The van der Waals surface area contributed by atoms with Gasteiger partial charge in [0.2, 0.25) is 0 Å². The Balaban J connectivity index is 2.21. The lowest BCUT2D eigenvalue weighted by Gasteiger charge is -2.16. The predicted octanol–water partition coefficient (Wildman–Crippen LogP) is 3.08. The monoisotopic (exact) mass is 434 g/mol. The zero-order valence-electron chi connectivity index (χ0n) is 16.4. The molecule has 0 aliphatic carbocycles. The first-order valence-corrected chi connectivity index (χ1v) is 8.94. The Morgan fingerprint density at radius 3 is 2.29 bits per heavy atom. The van der Waals surface area contributed by atoms with Crippen molar-refractivity contribution >= 4 is 5.97 Å². The second-order valence-corrected chi connectivity index (χ2v) is 6.68. The molecule has 2 aromatic carbocycles. The molecule has 162 valence electrons. The van der Waals surface area contributed by atoms with Crippen LogP contribution in [-0.2, 0) is 12.7 Å².